The topological polar surface area (TPSA) is 38.4 Å². The van der Waals surface area contributed by atoms with Crippen molar-refractivity contribution in [2.45, 2.75) is 6.92 Å². The molecule has 0 saturated carbocycles. The van der Waals surface area contributed by atoms with E-state index in [1.54, 1.807) is 0 Å². The Morgan fingerprint density at radius 2 is 0.957 bits per heavy atom. The first-order valence-electron chi connectivity index (χ1n) is 15.1. The van der Waals surface area contributed by atoms with Crippen molar-refractivity contribution < 1.29 is 17.0 Å². The van der Waals surface area contributed by atoms with Crippen LogP contribution < -0.4 is 5.73 Å². The molecule has 6 aromatic carbocycles. The summed E-state index contributed by atoms with van der Waals surface area (Å²) in [5.41, 5.74) is 18.1. The number of hydrogen-bond donors (Lipinski definition) is 1. The first-order chi connectivity index (χ1) is 22.6. The van der Waals surface area contributed by atoms with Gasteiger partial charge in [-0.15, -0.1) is 0 Å². The number of rotatable bonds is 9. The Balaban J connectivity index is 1.76. The minimum absolute atomic E-state index is 0.222. The van der Waals surface area contributed by atoms with Crippen LogP contribution in [0.4, 0.5) is 5.69 Å². The van der Waals surface area contributed by atoms with E-state index in [1.807, 2.05) is 36.4 Å². The third-order valence-electron chi connectivity index (χ3n) is 7.72. The summed E-state index contributed by atoms with van der Waals surface area (Å²) in [5.74, 6) is 0.466. The molecular weight excluding hydrogens is 674 g/mol. The molecule has 0 unspecified atom stereocenters. The third-order valence-corrected chi connectivity index (χ3v) is 9.56. The third kappa shape index (κ3) is 7.04. The normalized spacial score (nSPS) is 12.8. The molecule has 0 radical (unpaired) electrons. The van der Waals surface area contributed by atoms with Crippen LogP contribution in [-0.2, 0) is 17.0 Å². The minimum atomic E-state index is -0.222. The molecule has 46 heavy (non-hydrogen) atoms. The van der Waals surface area contributed by atoms with Gasteiger partial charge in [-0.1, -0.05) is 0 Å². The summed E-state index contributed by atoms with van der Waals surface area (Å²) in [6.45, 7) is 2.07. The van der Waals surface area contributed by atoms with Crippen molar-refractivity contribution in [2.75, 3.05) is 0 Å². The van der Waals surface area contributed by atoms with Crippen LogP contribution in [0.15, 0.2) is 175 Å². The number of nitrogens with two attached hydrogens (primary N) is 1. The van der Waals surface area contributed by atoms with Crippen LogP contribution in [0.3, 0.4) is 0 Å². The number of amidine groups is 1. The van der Waals surface area contributed by atoms with E-state index in [1.165, 1.54) is 5.56 Å². The number of halogens is 1. The van der Waals surface area contributed by atoms with E-state index in [0.717, 1.165) is 59.8 Å². The Kier molecular flexibility index (Phi) is 10.2. The van der Waals surface area contributed by atoms with Crippen molar-refractivity contribution in [1.82, 2.24) is 0 Å². The molecule has 228 valence electrons. The average Bonchev–Trinajstić information content (AvgIpc) is 3.12. The molecule has 0 bridgehead atoms. The Morgan fingerprint density at radius 1 is 0.500 bits per heavy atom. The van der Waals surface area contributed by atoms with Gasteiger partial charge in [-0.2, -0.15) is 0 Å². The van der Waals surface area contributed by atoms with E-state index in [0.29, 0.717) is 5.84 Å². The fraction of sp³-hybridized carbons (Fsp3) is 0.0238. The molecule has 0 aliphatic rings. The molecule has 0 amide bonds. The molecule has 2 N–H and O–H groups in total. The molecule has 0 aliphatic heterocycles. The molecule has 0 saturated heterocycles. The second kappa shape index (κ2) is 15.0. The zero-order chi connectivity index (χ0) is 31.7. The van der Waals surface area contributed by atoms with Crippen molar-refractivity contribution >= 4 is 41.8 Å². The number of aliphatic imine (C=N–C) groups is 1. The maximum absolute atomic E-state index is 6.99. The summed E-state index contributed by atoms with van der Waals surface area (Å²) in [6, 6.07) is 58.6. The van der Waals surface area contributed by atoms with E-state index < -0.39 is 0 Å². The van der Waals surface area contributed by atoms with Crippen LogP contribution >= 0.6 is 9.53 Å². The van der Waals surface area contributed by atoms with Gasteiger partial charge in [0.25, 0.3) is 0 Å². The summed E-state index contributed by atoms with van der Waals surface area (Å²) in [4.78, 5) is 5.06. The van der Waals surface area contributed by atoms with Gasteiger partial charge in [0.2, 0.25) is 0 Å². The van der Waals surface area contributed by atoms with Gasteiger partial charge in [0.15, 0.2) is 0 Å². The van der Waals surface area contributed by atoms with E-state index in [4.69, 9.17) is 20.3 Å². The van der Waals surface area contributed by atoms with Gasteiger partial charge >= 0.3 is 278 Å². The zero-order valence-corrected chi connectivity index (χ0v) is 27.7. The summed E-state index contributed by atoms with van der Waals surface area (Å²) >= 11 is -0.222. The summed E-state index contributed by atoms with van der Waals surface area (Å²) < 4.78 is 1.09. The van der Waals surface area contributed by atoms with E-state index in [9.17, 15) is 0 Å². The Hall–Kier alpha value is -4.78. The zero-order valence-electron chi connectivity index (χ0n) is 25.4. The van der Waals surface area contributed by atoms with Crippen LogP contribution in [0.5, 0.6) is 0 Å². The molecule has 0 spiro atoms. The van der Waals surface area contributed by atoms with Gasteiger partial charge < -0.3 is 0 Å². The van der Waals surface area contributed by atoms with Gasteiger partial charge in [0.05, 0.1) is 0 Å². The van der Waals surface area contributed by atoms with Gasteiger partial charge in [-0.25, -0.2) is 0 Å². The molecule has 6 rings (SSSR count). The number of hydrogen-bond acceptors (Lipinski definition) is 1. The van der Waals surface area contributed by atoms with Crippen LogP contribution in [0.1, 0.15) is 38.9 Å². The monoisotopic (exact) mass is 706 g/mol. The Labute approximate surface area is 283 Å². The summed E-state index contributed by atoms with van der Waals surface area (Å²) in [6.07, 6.45) is 0. The SMILES string of the molecule is Cc1ccc(/C(N)=N/c2ccccc2/C(=C(/C(=[C](\[Pd][Cl])c2ccccc2)c2ccccc2)c2ccccc2)c2ccccc2)cc1. The van der Waals surface area contributed by atoms with E-state index >= 15 is 0 Å². The van der Waals surface area contributed by atoms with Gasteiger partial charge in [-0.05, 0) is 6.92 Å². The van der Waals surface area contributed by atoms with Crippen molar-refractivity contribution in [1.29, 1.82) is 0 Å². The molecule has 2 nitrogen and oxygen atoms in total. The van der Waals surface area contributed by atoms with Gasteiger partial charge in [0.1, 0.15) is 0 Å². The summed E-state index contributed by atoms with van der Waals surface area (Å²) in [7, 11) is 6.99. The standard InChI is InChI=1S/C42H33N2.ClH.Pd/c1-31-26-28-36(29-27-31)42(43)44-39-25-15-14-24-37(39)40(34-20-10-4-11-21-34)41(35-22-12-5-13-23-35)38(33-18-8-3-9-19-33)30-32-16-6-2-7-17-32;;/h2-29H,1H3,(H2,43,44);1H;/q;;+1/p-1/b38-30?,41-40+;;. The molecule has 4 heteroatoms. The molecule has 0 fully saturated rings. The maximum atomic E-state index is 6.99. The quantitative estimate of drug-likeness (QED) is 0.0525. The van der Waals surface area contributed by atoms with E-state index in [2.05, 4.69) is 140 Å². The number of aryl methyl sites for hydroxylation is 1. The molecule has 0 heterocycles. The molecule has 6 aromatic rings. The first-order valence-corrected chi connectivity index (χ1v) is 17.8. The molecular formula is C42H33ClN2Pd. The van der Waals surface area contributed by atoms with Crippen LogP contribution in [0, 0.1) is 6.92 Å². The second-order valence-electron chi connectivity index (χ2n) is 10.8. The number of nitrogens with zero attached hydrogens (tertiary/aromatic N) is 1. The van der Waals surface area contributed by atoms with Crippen LogP contribution in [0.2, 0.25) is 0 Å². The van der Waals surface area contributed by atoms with Crippen LogP contribution in [-0.4, -0.2) is 5.84 Å². The second-order valence-corrected chi connectivity index (χ2v) is 12.6. The van der Waals surface area contributed by atoms with Crippen LogP contribution in [0.25, 0.3) is 20.8 Å². The molecule has 0 aliphatic carbocycles. The number of benzene rings is 6. The van der Waals surface area contributed by atoms with E-state index in [-0.39, 0.29) is 17.0 Å². The van der Waals surface area contributed by atoms with Gasteiger partial charge in [-0.3, -0.25) is 0 Å². The van der Waals surface area contributed by atoms with Crippen molar-refractivity contribution in [2.24, 2.45) is 10.7 Å². The fourth-order valence-corrected chi connectivity index (χ4v) is 7.27. The van der Waals surface area contributed by atoms with Crippen molar-refractivity contribution in [3.8, 4) is 0 Å². The fourth-order valence-electron chi connectivity index (χ4n) is 5.51. The number of para-hydroxylation sites is 1. The Morgan fingerprint density at radius 3 is 1.50 bits per heavy atom. The predicted molar refractivity (Wildman–Crippen MR) is 192 cm³/mol. The predicted octanol–water partition coefficient (Wildman–Crippen LogP) is 10.8. The van der Waals surface area contributed by atoms with Gasteiger partial charge in [0, 0.05) is 0 Å². The molecule has 0 aromatic heterocycles. The Bertz CT molecular complexity index is 2000. The number of allylic oxidation sites excluding steroid dienone is 2. The average molecular weight is 708 g/mol. The first kappa shape index (κ1) is 31.2. The van der Waals surface area contributed by atoms with Crippen molar-refractivity contribution in [3.63, 3.8) is 0 Å². The molecule has 0 atom stereocenters. The van der Waals surface area contributed by atoms with Crippen molar-refractivity contribution in [3.05, 3.63) is 209 Å². The summed E-state index contributed by atoms with van der Waals surface area (Å²) in [5, 5.41) is 0.